The van der Waals surface area contributed by atoms with Crippen LogP contribution in [0.25, 0.3) is 0 Å². The first-order chi connectivity index (χ1) is 7.06. The Hall–Kier alpha value is -0.173. The topological polar surface area (TPSA) is 74.6 Å². The molecule has 0 bridgehead atoms. The van der Waals surface area contributed by atoms with E-state index in [9.17, 15) is 8.42 Å². The third-order valence-corrected chi connectivity index (χ3v) is 2.89. The van der Waals surface area contributed by atoms with Gasteiger partial charge in [-0.1, -0.05) is 31.8 Å². The molecule has 0 aliphatic carbocycles. The minimum atomic E-state index is -3.67. The second kappa shape index (κ2) is 8.92. The van der Waals surface area contributed by atoms with Crippen molar-refractivity contribution < 1.29 is 18.1 Å². The van der Waals surface area contributed by atoms with Gasteiger partial charge in [-0.05, 0) is 18.9 Å². The van der Waals surface area contributed by atoms with Crippen LogP contribution in [-0.2, 0) is 10.1 Å². The fourth-order valence-electron chi connectivity index (χ4n) is 0.764. The van der Waals surface area contributed by atoms with Crippen molar-refractivity contribution in [3.63, 3.8) is 0 Å². The number of rotatable bonds is 5. The number of allylic oxidation sites excluding steroid dienone is 2. The average molecular weight is 268 g/mol. The van der Waals surface area contributed by atoms with E-state index < -0.39 is 18.2 Å². The largest absolute Gasteiger partial charge is 0.396 e. The Kier molecular flexibility index (Phi) is 10.1. The summed E-state index contributed by atoms with van der Waals surface area (Å²) in [6.07, 6.45) is 7.10. The van der Waals surface area contributed by atoms with Crippen molar-refractivity contribution in [2.75, 3.05) is 12.9 Å². The maximum absolute atomic E-state index is 9.19. The first-order valence-corrected chi connectivity index (χ1v) is 10.8. The Balaban J connectivity index is 0. The van der Waals surface area contributed by atoms with E-state index in [2.05, 4.69) is 31.8 Å². The molecule has 0 aliphatic rings. The highest BCUT2D eigenvalue weighted by Crippen LogP contribution is 2.08. The lowest BCUT2D eigenvalue weighted by Gasteiger charge is -2.11. The molecule has 0 spiro atoms. The van der Waals surface area contributed by atoms with Crippen LogP contribution in [0.2, 0.25) is 25.7 Å². The molecule has 0 atom stereocenters. The summed E-state index contributed by atoms with van der Waals surface area (Å²) in [5.41, 5.74) is 0. The molecule has 2 N–H and O–H groups in total. The van der Waals surface area contributed by atoms with E-state index in [1.54, 1.807) is 0 Å². The van der Waals surface area contributed by atoms with Crippen molar-refractivity contribution in [3.8, 4) is 0 Å². The first kappa shape index (κ1) is 18.2. The van der Waals surface area contributed by atoms with Gasteiger partial charge >= 0.3 is 0 Å². The highest BCUT2D eigenvalue weighted by atomic mass is 32.2. The van der Waals surface area contributed by atoms with E-state index in [0.29, 0.717) is 12.9 Å². The number of unbranched alkanes of at least 4 members (excludes halogenated alkanes) is 1. The van der Waals surface area contributed by atoms with Crippen LogP contribution in [0.4, 0.5) is 0 Å². The second-order valence-electron chi connectivity index (χ2n) is 4.84. The van der Waals surface area contributed by atoms with Gasteiger partial charge in [0.05, 0.1) is 6.26 Å². The molecule has 0 heterocycles. The van der Waals surface area contributed by atoms with Crippen molar-refractivity contribution in [3.05, 3.63) is 12.2 Å². The number of aliphatic hydroxyl groups is 1. The van der Waals surface area contributed by atoms with Crippen molar-refractivity contribution >= 4 is 18.2 Å². The van der Waals surface area contributed by atoms with E-state index >= 15 is 0 Å². The zero-order valence-electron chi connectivity index (χ0n) is 10.6. The molecule has 98 valence electrons. The number of aliphatic hydroxyl groups excluding tert-OH is 1. The van der Waals surface area contributed by atoms with Crippen LogP contribution in [0.5, 0.6) is 0 Å². The molecule has 0 unspecified atom stereocenters. The van der Waals surface area contributed by atoms with Crippen LogP contribution in [0.3, 0.4) is 0 Å². The normalized spacial score (nSPS) is 12.4. The van der Waals surface area contributed by atoms with E-state index in [1.165, 1.54) is 6.04 Å². The zero-order chi connectivity index (χ0) is 13.2. The molecular formula is C10H24O4SSi. The minimum absolute atomic E-state index is 0.317. The molecule has 0 radical (unpaired) electrons. The maximum atomic E-state index is 9.19. The Morgan fingerprint density at radius 3 is 1.94 bits per heavy atom. The monoisotopic (exact) mass is 268 g/mol. The van der Waals surface area contributed by atoms with Gasteiger partial charge in [-0.25, -0.2) is 0 Å². The van der Waals surface area contributed by atoms with Crippen molar-refractivity contribution in [2.45, 2.75) is 38.5 Å². The molecule has 6 heteroatoms. The van der Waals surface area contributed by atoms with Crippen LogP contribution >= 0.6 is 0 Å². The zero-order valence-corrected chi connectivity index (χ0v) is 12.4. The van der Waals surface area contributed by atoms with Gasteiger partial charge in [0.15, 0.2) is 0 Å². The molecule has 0 aliphatic heterocycles. The third kappa shape index (κ3) is 37.1. The van der Waals surface area contributed by atoms with Crippen molar-refractivity contribution in [1.29, 1.82) is 0 Å². The fourth-order valence-corrected chi connectivity index (χ4v) is 1.64. The van der Waals surface area contributed by atoms with Gasteiger partial charge in [0.25, 0.3) is 10.1 Å². The molecule has 0 rings (SSSR count). The summed E-state index contributed by atoms with van der Waals surface area (Å²) in [6.45, 7) is 7.41. The Labute approximate surface area is 100 Å². The summed E-state index contributed by atoms with van der Waals surface area (Å²) >= 11 is 0. The summed E-state index contributed by atoms with van der Waals surface area (Å²) < 4.78 is 25.9. The number of hydrogen-bond acceptors (Lipinski definition) is 3. The van der Waals surface area contributed by atoms with Crippen LogP contribution in [0.1, 0.15) is 12.8 Å². The summed E-state index contributed by atoms with van der Waals surface area (Å²) in [5, 5.41) is 8.50. The standard InChI is InChI=1S/C9H20OSi.CH4O3S/c1-11(2,3)9-7-5-4-6-8-10;1-5(2,3)4/h5,7,10H,4,6,8-9H2,1-3H3;1H3,(H,2,3,4). The van der Waals surface area contributed by atoms with Gasteiger partial charge < -0.3 is 5.11 Å². The Bertz CT molecular complexity index is 270. The van der Waals surface area contributed by atoms with Crippen molar-refractivity contribution in [2.24, 2.45) is 0 Å². The molecule has 0 saturated carbocycles. The third-order valence-electron chi connectivity index (χ3n) is 1.43. The molecular weight excluding hydrogens is 244 g/mol. The van der Waals surface area contributed by atoms with E-state index in [1.807, 2.05) is 0 Å². The molecule has 0 fully saturated rings. The second-order valence-corrected chi connectivity index (χ2v) is 11.8. The van der Waals surface area contributed by atoms with Crippen LogP contribution in [0, 0.1) is 0 Å². The van der Waals surface area contributed by atoms with Crippen molar-refractivity contribution in [1.82, 2.24) is 0 Å². The van der Waals surface area contributed by atoms with Gasteiger partial charge in [-0.2, -0.15) is 8.42 Å². The highest BCUT2D eigenvalue weighted by Gasteiger charge is 2.08. The maximum Gasteiger partial charge on any atom is 0.261 e. The number of hydrogen-bond donors (Lipinski definition) is 2. The fraction of sp³-hybridized carbons (Fsp3) is 0.800. The first-order valence-electron chi connectivity index (χ1n) is 5.24. The van der Waals surface area contributed by atoms with Gasteiger partial charge in [-0.15, -0.1) is 0 Å². The lowest BCUT2D eigenvalue weighted by Crippen LogP contribution is -2.17. The summed E-state index contributed by atoms with van der Waals surface area (Å²) in [5.74, 6) is 0. The van der Waals surface area contributed by atoms with E-state index in [0.717, 1.165) is 12.8 Å². The lowest BCUT2D eigenvalue weighted by molar-refractivity contribution is 0.289. The van der Waals surface area contributed by atoms with Gasteiger partial charge in [0.1, 0.15) is 0 Å². The molecule has 0 aromatic carbocycles. The molecule has 0 saturated heterocycles. The van der Waals surface area contributed by atoms with E-state index in [4.69, 9.17) is 9.66 Å². The summed E-state index contributed by atoms with van der Waals surface area (Å²) in [7, 11) is -4.53. The predicted octanol–water partition coefficient (Wildman–Crippen LogP) is 2.16. The summed E-state index contributed by atoms with van der Waals surface area (Å²) in [4.78, 5) is 0. The van der Waals surface area contributed by atoms with Gasteiger partial charge in [-0.3, -0.25) is 4.55 Å². The quantitative estimate of drug-likeness (QED) is 0.347. The minimum Gasteiger partial charge on any atom is -0.396 e. The van der Waals surface area contributed by atoms with Gasteiger partial charge in [0, 0.05) is 14.7 Å². The van der Waals surface area contributed by atoms with Crippen LogP contribution < -0.4 is 0 Å². The molecule has 16 heavy (non-hydrogen) atoms. The SMILES string of the molecule is CS(=O)(=O)O.C[Si](C)(C)CC=CCCCO. The molecule has 4 nitrogen and oxygen atoms in total. The van der Waals surface area contributed by atoms with Crippen LogP contribution in [-0.4, -0.2) is 39.0 Å². The molecule has 0 aromatic heterocycles. The Morgan fingerprint density at radius 2 is 1.62 bits per heavy atom. The smallest absolute Gasteiger partial charge is 0.261 e. The van der Waals surface area contributed by atoms with E-state index in [-0.39, 0.29) is 0 Å². The molecule has 0 amide bonds. The average Bonchev–Trinajstić information content (AvgIpc) is 1.98. The predicted molar refractivity (Wildman–Crippen MR) is 71.1 cm³/mol. The molecule has 0 aromatic rings. The highest BCUT2D eigenvalue weighted by molar-refractivity contribution is 7.85. The van der Waals surface area contributed by atoms with Gasteiger partial charge in [0.2, 0.25) is 0 Å². The Morgan fingerprint density at radius 1 is 1.19 bits per heavy atom. The summed E-state index contributed by atoms with van der Waals surface area (Å²) in [6, 6.07) is 1.26. The van der Waals surface area contributed by atoms with Crippen LogP contribution in [0.15, 0.2) is 12.2 Å². The lowest BCUT2D eigenvalue weighted by atomic mass is 10.3.